The number of carbonyl (C=O) groups is 1. The van der Waals surface area contributed by atoms with E-state index in [0.717, 1.165) is 0 Å². The van der Waals surface area contributed by atoms with E-state index in [-0.39, 0.29) is 5.57 Å². The fourth-order valence-corrected chi connectivity index (χ4v) is 1.52. The third-order valence-corrected chi connectivity index (χ3v) is 2.38. The molecule has 1 N–H and O–H groups in total. The average molecular weight is 257 g/mol. The van der Waals surface area contributed by atoms with Gasteiger partial charge in [-0.25, -0.2) is 4.79 Å². The zero-order valence-corrected chi connectivity index (χ0v) is 9.17. The Kier molecular flexibility index (Phi) is 3.30. The molecule has 0 aliphatic heterocycles. The Morgan fingerprint density at radius 2 is 2.21 bits per heavy atom. The van der Waals surface area contributed by atoms with Gasteiger partial charge < -0.3 is 9.84 Å². The van der Waals surface area contributed by atoms with Crippen molar-refractivity contribution in [2.24, 2.45) is 0 Å². The summed E-state index contributed by atoms with van der Waals surface area (Å²) < 4.78 is 5.72. The first-order chi connectivity index (χ1) is 6.56. The SMILES string of the molecule is C=C(C(=O)O)c1ccc(OC)c(Br)c1. The lowest BCUT2D eigenvalue weighted by Crippen LogP contribution is -1.98. The van der Waals surface area contributed by atoms with Crippen LogP contribution in [0.2, 0.25) is 0 Å². The van der Waals surface area contributed by atoms with Crippen molar-refractivity contribution < 1.29 is 14.6 Å². The van der Waals surface area contributed by atoms with Crippen LogP contribution in [0.15, 0.2) is 29.3 Å². The molecule has 0 amide bonds. The van der Waals surface area contributed by atoms with Crippen molar-refractivity contribution in [2.75, 3.05) is 7.11 Å². The molecule has 0 bridgehead atoms. The number of hydrogen-bond donors (Lipinski definition) is 1. The van der Waals surface area contributed by atoms with Crippen molar-refractivity contribution in [3.8, 4) is 5.75 Å². The normalized spacial score (nSPS) is 9.57. The molecular weight excluding hydrogens is 248 g/mol. The molecular formula is C10H9BrO3. The highest BCUT2D eigenvalue weighted by molar-refractivity contribution is 9.10. The number of ether oxygens (including phenoxy) is 1. The van der Waals surface area contributed by atoms with Gasteiger partial charge in [0.2, 0.25) is 0 Å². The molecule has 4 heteroatoms. The summed E-state index contributed by atoms with van der Waals surface area (Å²) in [5, 5.41) is 8.71. The van der Waals surface area contributed by atoms with Crippen molar-refractivity contribution in [2.45, 2.75) is 0 Å². The van der Waals surface area contributed by atoms with E-state index in [4.69, 9.17) is 9.84 Å². The number of hydrogen-bond acceptors (Lipinski definition) is 2. The van der Waals surface area contributed by atoms with Crippen molar-refractivity contribution >= 4 is 27.5 Å². The summed E-state index contributed by atoms with van der Waals surface area (Å²) in [5.74, 6) is -0.367. The summed E-state index contributed by atoms with van der Waals surface area (Å²) in [4.78, 5) is 10.6. The molecule has 1 aromatic rings. The first-order valence-electron chi connectivity index (χ1n) is 3.82. The maximum atomic E-state index is 10.6. The van der Waals surface area contributed by atoms with Crippen molar-refractivity contribution in [3.63, 3.8) is 0 Å². The number of aliphatic carboxylic acids is 1. The van der Waals surface area contributed by atoms with Crippen LogP contribution < -0.4 is 4.74 Å². The Bertz CT molecular complexity index is 385. The summed E-state index contributed by atoms with van der Waals surface area (Å²) in [6.07, 6.45) is 0. The van der Waals surface area contributed by atoms with Gasteiger partial charge in [-0.05, 0) is 33.6 Å². The van der Waals surface area contributed by atoms with Gasteiger partial charge in [-0.15, -0.1) is 0 Å². The lowest BCUT2D eigenvalue weighted by molar-refractivity contribution is -0.130. The van der Waals surface area contributed by atoms with Gasteiger partial charge in [0.15, 0.2) is 0 Å². The second kappa shape index (κ2) is 4.28. The highest BCUT2D eigenvalue weighted by Crippen LogP contribution is 2.27. The minimum absolute atomic E-state index is 0.0633. The first kappa shape index (κ1) is 10.8. The molecule has 0 unspecified atom stereocenters. The number of halogens is 1. The predicted molar refractivity (Wildman–Crippen MR) is 57.4 cm³/mol. The molecule has 0 aliphatic carbocycles. The topological polar surface area (TPSA) is 46.5 Å². The molecule has 0 aliphatic rings. The van der Waals surface area contributed by atoms with E-state index in [1.165, 1.54) is 0 Å². The lowest BCUT2D eigenvalue weighted by atomic mass is 10.1. The van der Waals surface area contributed by atoms with Gasteiger partial charge in [-0.2, -0.15) is 0 Å². The lowest BCUT2D eigenvalue weighted by Gasteiger charge is -2.05. The summed E-state index contributed by atoms with van der Waals surface area (Å²) in [5.41, 5.74) is 0.624. The number of benzene rings is 1. The average Bonchev–Trinajstić information content (AvgIpc) is 2.16. The van der Waals surface area contributed by atoms with Crippen LogP contribution in [-0.2, 0) is 4.79 Å². The van der Waals surface area contributed by atoms with Gasteiger partial charge in [0.05, 0.1) is 17.2 Å². The molecule has 0 spiro atoms. The molecule has 14 heavy (non-hydrogen) atoms. The molecule has 0 saturated carbocycles. The molecule has 3 nitrogen and oxygen atoms in total. The van der Waals surface area contributed by atoms with Gasteiger partial charge in [-0.3, -0.25) is 0 Å². The monoisotopic (exact) mass is 256 g/mol. The van der Waals surface area contributed by atoms with Crippen LogP contribution in [0.25, 0.3) is 5.57 Å². The second-order valence-electron chi connectivity index (χ2n) is 2.63. The summed E-state index contributed by atoms with van der Waals surface area (Å²) >= 11 is 3.27. The van der Waals surface area contributed by atoms with Crippen LogP contribution in [-0.4, -0.2) is 18.2 Å². The fraction of sp³-hybridized carbons (Fsp3) is 0.100. The van der Waals surface area contributed by atoms with E-state index < -0.39 is 5.97 Å². The van der Waals surface area contributed by atoms with Gasteiger partial charge in [0.25, 0.3) is 0 Å². The summed E-state index contributed by atoms with van der Waals surface area (Å²) in [6.45, 7) is 3.46. The van der Waals surface area contributed by atoms with Gasteiger partial charge in [0, 0.05) is 0 Å². The number of rotatable bonds is 3. The van der Waals surface area contributed by atoms with E-state index in [1.807, 2.05) is 0 Å². The largest absolute Gasteiger partial charge is 0.496 e. The first-order valence-corrected chi connectivity index (χ1v) is 4.61. The molecule has 0 saturated heterocycles. The Balaban J connectivity index is 3.09. The predicted octanol–water partition coefficient (Wildman–Crippen LogP) is 2.56. The van der Waals surface area contributed by atoms with E-state index in [9.17, 15) is 4.79 Å². The summed E-state index contributed by atoms with van der Waals surface area (Å²) in [6, 6.07) is 5.00. The number of carboxylic acid groups (broad SMARTS) is 1. The van der Waals surface area contributed by atoms with Crippen LogP contribution in [0.5, 0.6) is 5.75 Å². The zero-order chi connectivity index (χ0) is 10.7. The quantitative estimate of drug-likeness (QED) is 0.846. The maximum Gasteiger partial charge on any atom is 0.335 e. The van der Waals surface area contributed by atoms with Crippen molar-refractivity contribution in [1.82, 2.24) is 0 Å². The highest BCUT2D eigenvalue weighted by Gasteiger charge is 2.09. The third-order valence-electron chi connectivity index (χ3n) is 1.76. The molecule has 74 valence electrons. The van der Waals surface area contributed by atoms with E-state index >= 15 is 0 Å². The van der Waals surface area contributed by atoms with Crippen LogP contribution in [0.4, 0.5) is 0 Å². The van der Waals surface area contributed by atoms with E-state index in [0.29, 0.717) is 15.8 Å². The van der Waals surface area contributed by atoms with Crippen LogP contribution in [0.3, 0.4) is 0 Å². The van der Waals surface area contributed by atoms with Crippen molar-refractivity contribution in [1.29, 1.82) is 0 Å². The van der Waals surface area contributed by atoms with Gasteiger partial charge in [-0.1, -0.05) is 12.6 Å². The molecule has 0 fully saturated rings. The molecule has 0 heterocycles. The zero-order valence-electron chi connectivity index (χ0n) is 7.58. The standard InChI is InChI=1S/C10H9BrO3/c1-6(10(12)13)7-3-4-9(14-2)8(11)5-7/h3-5H,1H2,2H3,(H,12,13). The van der Waals surface area contributed by atoms with Crippen LogP contribution in [0.1, 0.15) is 5.56 Å². The Hall–Kier alpha value is -1.29. The minimum Gasteiger partial charge on any atom is -0.496 e. The Morgan fingerprint density at radius 3 is 2.64 bits per heavy atom. The summed E-state index contributed by atoms with van der Waals surface area (Å²) in [7, 11) is 1.55. The van der Waals surface area contributed by atoms with E-state index in [2.05, 4.69) is 22.5 Å². The molecule has 0 aromatic heterocycles. The van der Waals surface area contributed by atoms with Crippen LogP contribution in [0, 0.1) is 0 Å². The second-order valence-corrected chi connectivity index (χ2v) is 3.49. The Morgan fingerprint density at radius 1 is 1.57 bits per heavy atom. The Labute approximate surface area is 90.1 Å². The molecule has 0 radical (unpaired) electrons. The number of carboxylic acids is 1. The molecule has 1 aromatic carbocycles. The van der Waals surface area contributed by atoms with Gasteiger partial charge >= 0.3 is 5.97 Å². The van der Waals surface area contributed by atoms with Gasteiger partial charge in [0.1, 0.15) is 5.75 Å². The molecule has 0 atom stereocenters. The fourth-order valence-electron chi connectivity index (χ4n) is 0.978. The van der Waals surface area contributed by atoms with Crippen LogP contribution >= 0.6 is 15.9 Å². The van der Waals surface area contributed by atoms with Crippen molar-refractivity contribution in [3.05, 3.63) is 34.8 Å². The minimum atomic E-state index is -1.03. The molecule has 1 rings (SSSR count). The smallest absolute Gasteiger partial charge is 0.335 e. The number of methoxy groups -OCH3 is 1. The highest BCUT2D eigenvalue weighted by atomic mass is 79.9. The van der Waals surface area contributed by atoms with E-state index in [1.54, 1.807) is 25.3 Å². The maximum absolute atomic E-state index is 10.6. The third kappa shape index (κ3) is 2.14.